The number of hydrogen-bond acceptors (Lipinski definition) is 6. The van der Waals surface area contributed by atoms with Gasteiger partial charge in [-0.2, -0.15) is 0 Å². The summed E-state index contributed by atoms with van der Waals surface area (Å²) in [6, 6.07) is 69.6. The molecule has 0 radical (unpaired) electrons. The molecule has 306 valence electrons. The Morgan fingerprint density at radius 2 is 0.909 bits per heavy atom. The van der Waals surface area contributed by atoms with Crippen molar-refractivity contribution >= 4 is 128 Å². The normalized spacial score (nSPS) is 12.2. The first-order valence-corrected chi connectivity index (χ1v) is 23.7. The molecule has 0 aliphatic heterocycles. The molecular weight excluding hydrogens is 845 g/mol. The SMILES string of the molecule is c1ccc2cc3c(cc2c1)c1ccccc1n3-c1ccc2c(oc3ccc4ccccc4c32)c1-c1nc(-c2ccc3c(c2)sc2ccccc23)nc(-c2ccc3c(c2)sc2ccccc23)n1. The molecule has 0 spiro atoms. The van der Waals surface area contributed by atoms with Crippen molar-refractivity contribution in [3.05, 3.63) is 194 Å². The van der Waals surface area contributed by atoms with Gasteiger partial charge < -0.3 is 8.98 Å². The van der Waals surface area contributed by atoms with Crippen LogP contribution in [0.5, 0.6) is 0 Å². The number of furan rings is 1. The Labute approximate surface area is 384 Å². The fourth-order valence-corrected chi connectivity index (χ4v) is 12.7. The molecular formula is C59H32N4OS2. The lowest BCUT2D eigenvalue weighted by atomic mass is 10.0. The quantitative estimate of drug-likeness (QED) is 0.177. The van der Waals surface area contributed by atoms with Crippen LogP contribution in [0, 0.1) is 0 Å². The fraction of sp³-hybridized carbons (Fsp3) is 0. The van der Waals surface area contributed by atoms with Gasteiger partial charge in [0, 0.05) is 73.0 Å². The second-order valence-electron chi connectivity index (χ2n) is 17.1. The van der Waals surface area contributed by atoms with Crippen molar-refractivity contribution < 1.29 is 4.42 Å². The number of para-hydroxylation sites is 1. The van der Waals surface area contributed by atoms with E-state index in [-0.39, 0.29) is 0 Å². The van der Waals surface area contributed by atoms with Crippen LogP contribution in [-0.4, -0.2) is 19.5 Å². The van der Waals surface area contributed by atoms with E-state index in [2.05, 4.69) is 199 Å². The fourth-order valence-electron chi connectivity index (χ4n) is 10.4. The molecule has 66 heavy (non-hydrogen) atoms. The van der Waals surface area contributed by atoms with Crippen LogP contribution in [0.3, 0.4) is 0 Å². The van der Waals surface area contributed by atoms with Crippen LogP contribution >= 0.6 is 22.7 Å². The summed E-state index contributed by atoms with van der Waals surface area (Å²) in [6.45, 7) is 0. The monoisotopic (exact) mass is 876 g/mol. The van der Waals surface area contributed by atoms with Crippen molar-refractivity contribution in [2.75, 3.05) is 0 Å². The number of benzene rings is 10. The summed E-state index contributed by atoms with van der Waals surface area (Å²) in [5.74, 6) is 1.74. The zero-order valence-corrected chi connectivity index (χ0v) is 36.6. The molecule has 0 fully saturated rings. The van der Waals surface area contributed by atoms with Gasteiger partial charge in [-0.25, -0.2) is 15.0 Å². The van der Waals surface area contributed by atoms with Crippen molar-refractivity contribution in [2.24, 2.45) is 0 Å². The van der Waals surface area contributed by atoms with Crippen molar-refractivity contribution in [2.45, 2.75) is 0 Å². The molecule has 0 unspecified atom stereocenters. The molecule has 0 N–H and O–H groups in total. The highest BCUT2D eigenvalue weighted by Gasteiger charge is 2.26. The Morgan fingerprint density at radius 1 is 0.364 bits per heavy atom. The first kappa shape index (κ1) is 36.1. The Kier molecular flexibility index (Phi) is 7.47. The van der Waals surface area contributed by atoms with E-state index in [1.54, 1.807) is 22.7 Å². The maximum atomic E-state index is 7.14. The van der Waals surface area contributed by atoms with Crippen LogP contribution in [0.4, 0.5) is 0 Å². The van der Waals surface area contributed by atoms with E-state index >= 15 is 0 Å². The predicted molar refractivity (Wildman–Crippen MR) is 279 cm³/mol. The van der Waals surface area contributed by atoms with Crippen molar-refractivity contribution in [1.82, 2.24) is 19.5 Å². The Bertz CT molecular complexity index is 4420. The minimum atomic E-state index is 0.540. The van der Waals surface area contributed by atoms with Crippen LogP contribution in [0.1, 0.15) is 0 Å². The largest absolute Gasteiger partial charge is 0.455 e. The Morgan fingerprint density at radius 3 is 1.61 bits per heavy atom. The third-order valence-electron chi connectivity index (χ3n) is 13.4. The summed E-state index contributed by atoms with van der Waals surface area (Å²) < 4.78 is 14.4. The third-order valence-corrected chi connectivity index (χ3v) is 15.7. The van der Waals surface area contributed by atoms with Gasteiger partial charge in [0.25, 0.3) is 0 Å². The van der Waals surface area contributed by atoms with E-state index in [9.17, 15) is 0 Å². The lowest BCUT2D eigenvalue weighted by Gasteiger charge is -2.15. The van der Waals surface area contributed by atoms with Crippen molar-refractivity contribution in [1.29, 1.82) is 0 Å². The molecule has 0 saturated carbocycles. The zero-order valence-electron chi connectivity index (χ0n) is 35.0. The van der Waals surface area contributed by atoms with Crippen LogP contribution in [0.2, 0.25) is 0 Å². The lowest BCUT2D eigenvalue weighted by molar-refractivity contribution is 0.669. The first-order chi connectivity index (χ1) is 32.7. The second-order valence-corrected chi connectivity index (χ2v) is 19.3. The van der Waals surface area contributed by atoms with E-state index in [0.29, 0.717) is 17.5 Å². The van der Waals surface area contributed by atoms with Crippen molar-refractivity contribution in [3.8, 4) is 39.9 Å². The molecule has 5 nitrogen and oxygen atoms in total. The molecule has 0 amide bonds. The summed E-state index contributed by atoms with van der Waals surface area (Å²) >= 11 is 3.59. The van der Waals surface area contributed by atoms with E-state index in [1.165, 1.54) is 61.9 Å². The molecule has 15 rings (SSSR count). The van der Waals surface area contributed by atoms with Crippen LogP contribution in [0.25, 0.3) is 145 Å². The topological polar surface area (TPSA) is 56.7 Å². The summed E-state index contributed by atoms with van der Waals surface area (Å²) in [7, 11) is 0. The van der Waals surface area contributed by atoms with Gasteiger partial charge in [-0.1, -0.05) is 133 Å². The molecule has 0 atom stereocenters. The van der Waals surface area contributed by atoms with Gasteiger partial charge >= 0.3 is 0 Å². The van der Waals surface area contributed by atoms with Crippen LogP contribution in [0.15, 0.2) is 199 Å². The standard InChI is InChI=1S/C59H32N4OS2/c1-2-13-35-30-48-45(29-34(35)12-1)39-15-5-8-18-46(39)63(48)47-27-26-44-54-38-14-4-3-11-33(38)23-28-49(54)64-56(44)55(47)59-61-57(36-21-24-42-40-16-6-9-19-50(40)65-52(42)31-36)60-58(62-59)37-22-25-43-41-17-7-10-20-51(41)66-53(43)32-37/h1-32H. The lowest BCUT2D eigenvalue weighted by Crippen LogP contribution is -2.04. The number of thiophene rings is 2. The molecule has 0 saturated heterocycles. The number of hydrogen-bond donors (Lipinski definition) is 0. The van der Waals surface area contributed by atoms with Crippen LogP contribution in [-0.2, 0) is 0 Å². The molecule has 5 heterocycles. The summed E-state index contributed by atoms with van der Waals surface area (Å²) in [5.41, 5.74) is 7.31. The van der Waals surface area contributed by atoms with E-state index in [4.69, 9.17) is 19.4 Å². The molecule has 5 aromatic heterocycles. The highest BCUT2D eigenvalue weighted by atomic mass is 32.1. The van der Waals surface area contributed by atoms with E-state index in [1.807, 2.05) is 0 Å². The van der Waals surface area contributed by atoms with Crippen LogP contribution < -0.4 is 0 Å². The van der Waals surface area contributed by atoms with E-state index in [0.717, 1.165) is 66.1 Å². The second kappa shape index (κ2) is 13.6. The number of rotatable bonds is 4. The maximum Gasteiger partial charge on any atom is 0.170 e. The average molecular weight is 877 g/mol. The minimum absolute atomic E-state index is 0.540. The molecule has 0 bridgehead atoms. The maximum absolute atomic E-state index is 7.14. The third kappa shape index (κ3) is 5.23. The number of fused-ring (bicyclic) bond motifs is 15. The highest BCUT2D eigenvalue weighted by molar-refractivity contribution is 7.26. The minimum Gasteiger partial charge on any atom is -0.455 e. The number of nitrogens with zero attached hydrogens (tertiary/aromatic N) is 4. The Hall–Kier alpha value is -8.23. The molecule has 15 aromatic rings. The summed E-state index contributed by atoms with van der Waals surface area (Å²) in [6.07, 6.45) is 0. The summed E-state index contributed by atoms with van der Waals surface area (Å²) in [4.78, 5) is 16.4. The Balaban J connectivity index is 1.07. The average Bonchev–Trinajstić information content (AvgIpc) is 4.13. The van der Waals surface area contributed by atoms with Gasteiger partial charge in [0.15, 0.2) is 17.5 Å². The smallest absolute Gasteiger partial charge is 0.170 e. The van der Waals surface area contributed by atoms with Gasteiger partial charge in [-0.3, -0.25) is 0 Å². The van der Waals surface area contributed by atoms with Crippen molar-refractivity contribution in [3.63, 3.8) is 0 Å². The van der Waals surface area contributed by atoms with E-state index < -0.39 is 0 Å². The first-order valence-electron chi connectivity index (χ1n) is 22.1. The van der Waals surface area contributed by atoms with Gasteiger partial charge in [-0.05, 0) is 82.2 Å². The molecule has 0 aliphatic carbocycles. The van der Waals surface area contributed by atoms with Gasteiger partial charge in [0.1, 0.15) is 11.2 Å². The summed E-state index contributed by atoms with van der Waals surface area (Å²) in [5, 5.41) is 14.1. The predicted octanol–water partition coefficient (Wildman–Crippen LogP) is 16.9. The van der Waals surface area contributed by atoms with Gasteiger partial charge in [-0.15, -0.1) is 22.7 Å². The molecule has 7 heteroatoms. The van der Waals surface area contributed by atoms with Gasteiger partial charge in [0.2, 0.25) is 0 Å². The van der Waals surface area contributed by atoms with Gasteiger partial charge in [0.05, 0.1) is 22.3 Å². The highest BCUT2D eigenvalue weighted by Crippen LogP contribution is 2.45. The zero-order chi connectivity index (χ0) is 43.0. The molecule has 10 aromatic carbocycles. The number of aromatic nitrogens is 4. The molecule has 0 aliphatic rings.